The largest absolute Gasteiger partial charge is 0.497 e. The van der Waals surface area contributed by atoms with Crippen LogP contribution in [0.1, 0.15) is 15.9 Å². The summed E-state index contributed by atoms with van der Waals surface area (Å²) in [7, 11) is 1.60. The summed E-state index contributed by atoms with van der Waals surface area (Å²) < 4.78 is 17.8. The van der Waals surface area contributed by atoms with Crippen LogP contribution in [0.15, 0.2) is 54.6 Å². The number of hydrogen-bond donors (Lipinski definition) is 0. The Kier molecular flexibility index (Phi) is 4.08. The van der Waals surface area contributed by atoms with Crippen molar-refractivity contribution in [2.75, 3.05) is 7.11 Å². The van der Waals surface area contributed by atoms with Crippen LogP contribution in [0.3, 0.4) is 0 Å². The quantitative estimate of drug-likeness (QED) is 0.615. The second-order valence-electron chi connectivity index (χ2n) is 3.98. The highest BCUT2D eigenvalue weighted by atomic mass is 19.1. The Hall–Kier alpha value is -2.42. The van der Waals surface area contributed by atoms with E-state index in [2.05, 4.69) is 0 Å². The third-order valence-electron chi connectivity index (χ3n) is 2.67. The molecule has 2 nitrogen and oxygen atoms in total. The number of carbonyl (C=O) groups excluding carboxylic acids is 1. The lowest BCUT2D eigenvalue weighted by atomic mass is 10.1. The van der Waals surface area contributed by atoms with Gasteiger partial charge in [0.15, 0.2) is 5.78 Å². The van der Waals surface area contributed by atoms with Gasteiger partial charge in [0.05, 0.1) is 7.11 Å². The van der Waals surface area contributed by atoms with Gasteiger partial charge in [-0.3, -0.25) is 4.79 Å². The monoisotopic (exact) mass is 256 g/mol. The van der Waals surface area contributed by atoms with Crippen LogP contribution in [0.4, 0.5) is 4.39 Å². The molecule has 2 aromatic rings. The van der Waals surface area contributed by atoms with Gasteiger partial charge < -0.3 is 4.74 Å². The van der Waals surface area contributed by atoms with E-state index < -0.39 is 0 Å². The first kappa shape index (κ1) is 13.0. The Labute approximate surface area is 111 Å². The maximum absolute atomic E-state index is 12.7. The van der Waals surface area contributed by atoms with E-state index in [4.69, 9.17) is 4.74 Å². The zero-order valence-electron chi connectivity index (χ0n) is 10.5. The third kappa shape index (κ3) is 3.52. The molecule has 0 amide bonds. The summed E-state index contributed by atoms with van der Waals surface area (Å²) in [5.74, 6) is 0.258. The first-order valence-corrected chi connectivity index (χ1v) is 5.81. The Morgan fingerprint density at radius 1 is 1.05 bits per heavy atom. The summed E-state index contributed by atoms with van der Waals surface area (Å²) in [5.41, 5.74) is 1.36. The molecule has 0 spiro atoms. The molecule has 2 rings (SSSR count). The maximum atomic E-state index is 12.7. The number of ether oxygens (including phenoxy) is 1. The third-order valence-corrected chi connectivity index (χ3v) is 2.67. The fourth-order valence-corrected chi connectivity index (χ4v) is 1.60. The fourth-order valence-electron chi connectivity index (χ4n) is 1.60. The molecule has 0 saturated heterocycles. The molecule has 0 aromatic heterocycles. The molecule has 96 valence electrons. The summed E-state index contributed by atoms with van der Waals surface area (Å²) >= 11 is 0. The number of ketones is 1. The van der Waals surface area contributed by atoms with E-state index in [9.17, 15) is 9.18 Å². The topological polar surface area (TPSA) is 26.3 Å². The summed E-state index contributed by atoms with van der Waals surface area (Å²) in [4.78, 5) is 11.8. The second-order valence-corrected chi connectivity index (χ2v) is 3.98. The summed E-state index contributed by atoms with van der Waals surface area (Å²) in [5, 5.41) is 0. The molecule has 0 aliphatic carbocycles. The molecule has 0 saturated carbocycles. The molecular formula is C16H13FO2. The molecule has 3 heteroatoms. The van der Waals surface area contributed by atoms with Crippen molar-refractivity contribution in [1.82, 2.24) is 0 Å². The fraction of sp³-hybridized carbons (Fsp3) is 0.0625. The molecule has 0 unspecified atom stereocenters. The predicted molar refractivity (Wildman–Crippen MR) is 72.8 cm³/mol. The Balaban J connectivity index is 2.08. The summed E-state index contributed by atoms with van der Waals surface area (Å²) in [6, 6.07) is 12.8. The van der Waals surface area contributed by atoms with Gasteiger partial charge in [-0.25, -0.2) is 4.39 Å². The zero-order valence-corrected chi connectivity index (χ0v) is 10.5. The SMILES string of the molecule is COc1ccc(/C=C\C(=O)c2ccc(F)cc2)cc1. The van der Waals surface area contributed by atoms with Gasteiger partial charge in [0.1, 0.15) is 11.6 Å². The zero-order chi connectivity index (χ0) is 13.7. The van der Waals surface area contributed by atoms with Gasteiger partial charge in [-0.15, -0.1) is 0 Å². The van der Waals surface area contributed by atoms with Crippen LogP contribution in [0.5, 0.6) is 5.75 Å². The number of methoxy groups -OCH3 is 1. The minimum atomic E-state index is -0.351. The number of allylic oxidation sites excluding steroid dienone is 1. The Morgan fingerprint density at radius 2 is 1.68 bits per heavy atom. The molecule has 0 radical (unpaired) electrons. The van der Waals surface area contributed by atoms with Crippen LogP contribution in [-0.2, 0) is 0 Å². The number of halogens is 1. The summed E-state index contributed by atoms with van der Waals surface area (Å²) in [6.07, 6.45) is 3.18. The van der Waals surface area contributed by atoms with Crippen molar-refractivity contribution in [3.05, 3.63) is 71.6 Å². The molecule has 0 bridgehead atoms. The van der Waals surface area contributed by atoms with Crippen molar-refractivity contribution >= 4 is 11.9 Å². The number of rotatable bonds is 4. The van der Waals surface area contributed by atoms with E-state index >= 15 is 0 Å². The van der Waals surface area contributed by atoms with E-state index in [-0.39, 0.29) is 11.6 Å². The van der Waals surface area contributed by atoms with Crippen LogP contribution in [0.2, 0.25) is 0 Å². The lowest BCUT2D eigenvalue weighted by Crippen LogP contribution is -1.93. The molecule has 19 heavy (non-hydrogen) atoms. The smallest absolute Gasteiger partial charge is 0.185 e. The van der Waals surface area contributed by atoms with Crippen molar-refractivity contribution < 1.29 is 13.9 Å². The van der Waals surface area contributed by atoms with Crippen molar-refractivity contribution in [1.29, 1.82) is 0 Å². The molecule has 0 heterocycles. The van der Waals surface area contributed by atoms with Crippen LogP contribution in [0, 0.1) is 5.82 Å². The average Bonchev–Trinajstić information content (AvgIpc) is 2.46. The number of benzene rings is 2. The Bertz CT molecular complexity index is 583. The van der Waals surface area contributed by atoms with Gasteiger partial charge in [-0.05, 0) is 48.0 Å². The van der Waals surface area contributed by atoms with Crippen molar-refractivity contribution in [2.24, 2.45) is 0 Å². The Morgan fingerprint density at radius 3 is 2.26 bits per heavy atom. The molecular weight excluding hydrogens is 243 g/mol. The van der Waals surface area contributed by atoms with E-state index in [0.717, 1.165) is 11.3 Å². The highest BCUT2D eigenvalue weighted by Gasteiger charge is 2.01. The van der Waals surface area contributed by atoms with Gasteiger partial charge in [0, 0.05) is 5.56 Å². The van der Waals surface area contributed by atoms with Gasteiger partial charge >= 0.3 is 0 Å². The number of hydrogen-bond acceptors (Lipinski definition) is 2. The molecule has 2 aromatic carbocycles. The second kappa shape index (κ2) is 5.96. The van der Waals surface area contributed by atoms with Crippen molar-refractivity contribution in [2.45, 2.75) is 0 Å². The van der Waals surface area contributed by atoms with Gasteiger partial charge in [-0.1, -0.05) is 18.2 Å². The van der Waals surface area contributed by atoms with Crippen molar-refractivity contribution in [3.63, 3.8) is 0 Å². The van der Waals surface area contributed by atoms with Gasteiger partial charge in [-0.2, -0.15) is 0 Å². The minimum absolute atomic E-state index is 0.157. The molecule has 0 fully saturated rings. The van der Waals surface area contributed by atoms with E-state index in [0.29, 0.717) is 5.56 Å². The first-order valence-electron chi connectivity index (χ1n) is 5.81. The molecule has 0 N–H and O–H groups in total. The lowest BCUT2D eigenvalue weighted by molar-refractivity contribution is 0.104. The number of carbonyl (C=O) groups is 1. The van der Waals surface area contributed by atoms with Gasteiger partial charge in [0.25, 0.3) is 0 Å². The molecule has 0 aliphatic rings. The van der Waals surface area contributed by atoms with E-state index in [1.807, 2.05) is 24.3 Å². The van der Waals surface area contributed by atoms with Crippen LogP contribution >= 0.6 is 0 Å². The predicted octanol–water partition coefficient (Wildman–Crippen LogP) is 3.73. The lowest BCUT2D eigenvalue weighted by Gasteiger charge is -1.99. The highest BCUT2D eigenvalue weighted by molar-refractivity contribution is 6.06. The standard InChI is InChI=1S/C16H13FO2/c1-19-15-9-2-12(3-10-15)4-11-16(18)13-5-7-14(17)8-6-13/h2-11H,1H3/b11-4-. The van der Waals surface area contributed by atoms with Crippen LogP contribution in [-0.4, -0.2) is 12.9 Å². The van der Waals surface area contributed by atoms with E-state index in [1.165, 1.54) is 30.3 Å². The molecule has 0 aliphatic heterocycles. The molecule has 0 atom stereocenters. The highest BCUT2D eigenvalue weighted by Crippen LogP contribution is 2.13. The summed E-state index contributed by atoms with van der Waals surface area (Å²) in [6.45, 7) is 0. The van der Waals surface area contributed by atoms with E-state index in [1.54, 1.807) is 13.2 Å². The normalized spacial score (nSPS) is 10.6. The van der Waals surface area contributed by atoms with Crippen LogP contribution < -0.4 is 4.74 Å². The van der Waals surface area contributed by atoms with Crippen molar-refractivity contribution in [3.8, 4) is 5.75 Å². The average molecular weight is 256 g/mol. The van der Waals surface area contributed by atoms with Gasteiger partial charge in [0.2, 0.25) is 0 Å². The minimum Gasteiger partial charge on any atom is -0.497 e. The van der Waals surface area contributed by atoms with Crippen LogP contribution in [0.25, 0.3) is 6.08 Å². The first-order chi connectivity index (χ1) is 9.19. The maximum Gasteiger partial charge on any atom is 0.185 e.